The summed E-state index contributed by atoms with van der Waals surface area (Å²) < 4.78 is 38.8. The van der Waals surface area contributed by atoms with Crippen molar-refractivity contribution in [3.8, 4) is 5.75 Å². The Bertz CT molecular complexity index is 1160. The van der Waals surface area contributed by atoms with Gasteiger partial charge in [-0.15, -0.1) is 0 Å². The maximum absolute atomic E-state index is 13.6. The molecule has 0 saturated carbocycles. The summed E-state index contributed by atoms with van der Waals surface area (Å²) in [6.45, 7) is 3.72. The van der Waals surface area contributed by atoms with Crippen molar-refractivity contribution in [2.75, 3.05) is 7.11 Å². The van der Waals surface area contributed by atoms with Gasteiger partial charge < -0.3 is 9.47 Å². The van der Waals surface area contributed by atoms with Gasteiger partial charge in [0.2, 0.25) is 0 Å². The van der Waals surface area contributed by atoms with Crippen molar-refractivity contribution in [3.63, 3.8) is 0 Å². The molecule has 1 aliphatic rings. The summed E-state index contributed by atoms with van der Waals surface area (Å²) in [5.74, 6) is -0.0908. The Morgan fingerprint density at radius 2 is 1.75 bits per heavy atom. The van der Waals surface area contributed by atoms with Crippen LogP contribution in [-0.4, -0.2) is 36.8 Å². The molecule has 0 unspecified atom stereocenters. The first kappa shape index (κ1) is 23.7. The average Bonchev–Trinajstić information content (AvgIpc) is 2.75. The highest BCUT2D eigenvalue weighted by atomic mass is 79.9. The molecule has 0 saturated heterocycles. The Hall–Kier alpha value is -2.92. The number of methoxy groups -OCH3 is 1. The zero-order valence-electron chi connectivity index (χ0n) is 17.5. The van der Waals surface area contributed by atoms with Crippen molar-refractivity contribution in [2.45, 2.75) is 31.2 Å². The van der Waals surface area contributed by atoms with E-state index < -0.39 is 27.0 Å². The molecule has 2 aromatic rings. The number of nitrogens with zero attached hydrogens (tertiary/aromatic N) is 2. The standard InChI is InChI=1S/C21H21BrN2O7S/c1-13(2)12-18-21(25)31-19(14-4-8-16(30-3)9-5-14)20(22)23(18)32(28,29)17-10-6-15(7-11-17)24(26)27/h4-11,13,18H,12H2,1-3H3/t18-/m1/s1. The maximum atomic E-state index is 13.6. The first-order valence-corrected chi connectivity index (χ1v) is 11.8. The summed E-state index contributed by atoms with van der Waals surface area (Å²) in [6.07, 6.45) is 0.218. The molecule has 9 nitrogen and oxygen atoms in total. The van der Waals surface area contributed by atoms with Crippen molar-refractivity contribution in [2.24, 2.45) is 5.92 Å². The van der Waals surface area contributed by atoms with Gasteiger partial charge in [0.05, 0.1) is 16.9 Å². The number of non-ortho nitro benzene ring substituents is 1. The number of rotatable bonds is 7. The maximum Gasteiger partial charge on any atom is 0.335 e. The third-order valence-corrected chi connectivity index (χ3v) is 7.59. The quantitative estimate of drug-likeness (QED) is 0.229. The first-order valence-electron chi connectivity index (χ1n) is 9.61. The van der Waals surface area contributed by atoms with Gasteiger partial charge in [0.15, 0.2) is 5.76 Å². The van der Waals surface area contributed by atoms with Gasteiger partial charge in [0, 0.05) is 17.7 Å². The summed E-state index contributed by atoms with van der Waals surface area (Å²) in [5, 5.41) is 10.9. The molecule has 0 bridgehead atoms. The minimum atomic E-state index is -4.25. The number of sulfonamides is 1. The van der Waals surface area contributed by atoms with Crippen LogP contribution in [0.4, 0.5) is 5.69 Å². The number of carbonyl (C=O) groups excluding carboxylic acids is 1. The molecular formula is C21H21BrN2O7S. The second-order valence-electron chi connectivity index (χ2n) is 7.47. The first-order chi connectivity index (χ1) is 15.1. The monoisotopic (exact) mass is 524 g/mol. The molecule has 0 spiro atoms. The molecule has 1 aliphatic heterocycles. The van der Waals surface area contributed by atoms with Crippen molar-refractivity contribution < 1.29 is 27.6 Å². The van der Waals surface area contributed by atoms with E-state index in [1.54, 1.807) is 24.3 Å². The Kier molecular flexibility index (Phi) is 6.89. The third kappa shape index (κ3) is 4.63. The zero-order valence-corrected chi connectivity index (χ0v) is 19.9. The van der Waals surface area contributed by atoms with Gasteiger partial charge >= 0.3 is 5.97 Å². The predicted molar refractivity (Wildman–Crippen MR) is 120 cm³/mol. The molecule has 1 atom stereocenters. The number of benzene rings is 2. The molecule has 0 amide bonds. The van der Waals surface area contributed by atoms with Gasteiger partial charge in [-0.2, -0.15) is 0 Å². The van der Waals surface area contributed by atoms with Crippen LogP contribution in [0.2, 0.25) is 0 Å². The summed E-state index contributed by atoms with van der Waals surface area (Å²) >= 11 is 3.33. The summed E-state index contributed by atoms with van der Waals surface area (Å²) in [6, 6.07) is 10.00. The van der Waals surface area contributed by atoms with Crippen molar-refractivity contribution in [1.82, 2.24) is 4.31 Å². The van der Waals surface area contributed by atoms with E-state index in [9.17, 15) is 23.3 Å². The highest BCUT2D eigenvalue weighted by molar-refractivity contribution is 9.11. The Balaban J connectivity index is 2.14. The predicted octanol–water partition coefficient (Wildman–Crippen LogP) is 4.29. The molecule has 32 heavy (non-hydrogen) atoms. The normalized spacial score (nSPS) is 16.8. The van der Waals surface area contributed by atoms with E-state index in [1.807, 2.05) is 13.8 Å². The van der Waals surface area contributed by atoms with Crippen molar-refractivity contribution in [3.05, 3.63) is 68.8 Å². The van der Waals surface area contributed by atoms with Gasteiger partial charge in [-0.3, -0.25) is 10.1 Å². The van der Waals surface area contributed by atoms with Crippen LogP contribution in [0.5, 0.6) is 5.75 Å². The second-order valence-corrected chi connectivity index (χ2v) is 10.0. The fourth-order valence-electron chi connectivity index (χ4n) is 3.23. The van der Waals surface area contributed by atoms with Crippen LogP contribution in [0.3, 0.4) is 0 Å². The topological polar surface area (TPSA) is 116 Å². The number of nitro benzene ring substituents is 1. The lowest BCUT2D eigenvalue weighted by atomic mass is 10.0. The molecule has 0 fully saturated rings. The van der Waals surface area contributed by atoms with Gasteiger partial charge in [-0.1, -0.05) is 13.8 Å². The largest absolute Gasteiger partial charge is 0.497 e. The lowest BCUT2D eigenvalue weighted by molar-refractivity contribution is -0.384. The number of halogens is 1. The van der Waals surface area contributed by atoms with Crippen LogP contribution >= 0.6 is 15.9 Å². The van der Waals surface area contributed by atoms with E-state index in [0.29, 0.717) is 11.3 Å². The molecule has 2 aromatic carbocycles. The van der Waals surface area contributed by atoms with Crippen LogP contribution in [0.1, 0.15) is 25.8 Å². The van der Waals surface area contributed by atoms with Gasteiger partial charge in [0.1, 0.15) is 16.4 Å². The van der Waals surface area contributed by atoms with Crippen LogP contribution in [-0.2, 0) is 19.6 Å². The van der Waals surface area contributed by atoms with Crippen LogP contribution < -0.4 is 4.74 Å². The molecule has 11 heteroatoms. The lowest BCUT2D eigenvalue weighted by Crippen LogP contribution is -2.47. The Morgan fingerprint density at radius 3 is 2.25 bits per heavy atom. The smallest absolute Gasteiger partial charge is 0.335 e. The van der Waals surface area contributed by atoms with Gasteiger partial charge in [-0.05, 0) is 64.7 Å². The van der Waals surface area contributed by atoms with E-state index >= 15 is 0 Å². The third-order valence-electron chi connectivity index (χ3n) is 4.79. The molecule has 0 aliphatic carbocycles. The fourth-order valence-corrected chi connectivity index (χ4v) is 5.87. The molecule has 0 aromatic heterocycles. The number of carbonyl (C=O) groups is 1. The SMILES string of the molecule is COc1ccc(C2=C(Br)N(S(=O)(=O)c3ccc([N+](=O)[O-])cc3)[C@H](CC(C)C)C(=O)O2)cc1. The van der Waals surface area contributed by atoms with Gasteiger partial charge in [0.25, 0.3) is 15.7 Å². The Morgan fingerprint density at radius 1 is 1.16 bits per heavy atom. The highest BCUT2D eigenvalue weighted by Gasteiger charge is 2.44. The lowest BCUT2D eigenvalue weighted by Gasteiger charge is -2.36. The number of cyclic esters (lactones) is 1. The van der Waals surface area contributed by atoms with E-state index in [1.165, 1.54) is 7.11 Å². The van der Waals surface area contributed by atoms with E-state index in [-0.39, 0.29) is 33.3 Å². The molecule has 0 radical (unpaired) electrons. The molecule has 0 N–H and O–H groups in total. The number of esters is 1. The van der Waals surface area contributed by atoms with Crippen molar-refractivity contribution >= 4 is 43.4 Å². The second kappa shape index (κ2) is 9.29. The summed E-state index contributed by atoms with van der Waals surface area (Å²) in [4.78, 5) is 23.1. The van der Waals surface area contributed by atoms with Crippen LogP contribution in [0.25, 0.3) is 5.76 Å². The fraction of sp³-hybridized carbons (Fsp3) is 0.286. The Labute approximate surface area is 194 Å². The number of hydrogen-bond donors (Lipinski definition) is 0. The van der Waals surface area contributed by atoms with Gasteiger partial charge in [-0.25, -0.2) is 17.5 Å². The average molecular weight is 525 g/mol. The number of hydrogen-bond acceptors (Lipinski definition) is 7. The summed E-state index contributed by atoms with van der Waals surface area (Å²) in [7, 11) is -2.74. The van der Waals surface area contributed by atoms with E-state index in [4.69, 9.17) is 9.47 Å². The number of nitro groups is 1. The van der Waals surface area contributed by atoms with E-state index in [0.717, 1.165) is 28.6 Å². The minimum absolute atomic E-state index is 0.00931. The molecular weight excluding hydrogens is 504 g/mol. The van der Waals surface area contributed by atoms with Crippen LogP contribution in [0, 0.1) is 16.0 Å². The van der Waals surface area contributed by atoms with Crippen molar-refractivity contribution in [1.29, 1.82) is 0 Å². The zero-order chi connectivity index (χ0) is 23.6. The molecule has 170 valence electrons. The molecule has 3 rings (SSSR count). The van der Waals surface area contributed by atoms with Crippen LogP contribution in [0.15, 0.2) is 58.0 Å². The van der Waals surface area contributed by atoms with E-state index in [2.05, 4.69) is 15.9 Å². The minimum Gasteiger partial charge on any atom is -0.497 e. The highest BCUT2D eigenvalue weighted by Crippen LogP contribution is 2.39. The molecule has 1 heterocycles. The summed E-state index contributed by atoms with van der Waals surface area (Å²) in [5.41, 5.74) is 0.229. The number of ether oxygens (including phenoxy) is 2.